The lowest BCUT2D eigenvalue weighted by atomic mass is 9.94. The Bertz CT molecular complexity index is 472. The summed E-state index contributed by atoms with van der Waals surface area (Å²) in [6, 6.07) is 1.70. The molecule has 1 aliphatic carbocycles. The van der Waals surface area contributed by atoms with Crippen molar-refractivity contribution in [1.29, 1.82) is 0 Å². The standard InChI is InChI=1S/C11H9NO2/c1-6-3-8-9(13)4-7(2)11(14)10(8)12-5-6/h3-5H,1-2H3. The van der Waals surface area contributed by atoms with Crippen LogP contribution in [0.1, 0.15) is 33.3 Å². The normalized spacial score (nSPS) is 15.1. The Hall–Kier alpha value is -1.77. The van der Waals surface area contributed by atoms with Gasteiger partial charge in [0.25, 0.3) is 0 Å². The van der Waals surface area contributed by atoms with Crippen molar-refractivity contribution in [2.24, 2.45) is 0 Å². The first-order valence-corrected chi connectivity index (χ1v) is 4.33. The van der Waals surface area contributed by atoms with Crippen LogP contribution < -0.4 is 0 Å². The molecule has 1 aromatic rings. The fourth-order valence-corrected chi connectivity index (χ4v) is 1.46. The van der Waals surface area contributed by atoms with Gasteiger partial charge in [0.15, 0.2) is 5.78 Å². The van der Waals surface area contributed by atoms with E-state index in [-0.39, 0.29) is 17.3 Å². The molecule has 0 saturated heterocycles. The lowest BCUT2D eigenvalue weighted by molar-refractivity contribution is 0.0980. The average molecular weight is 187 g/mol. The minimum absolute atomic E-state index is 0.131. The number of nitrogens with zero attached hydrogens (tertiary/aromatic N) is 1. The third-order valence-corrected chi connectivity index (χ3v) is 2.21. The van der Waals surface area contributed by atoms with Crippen molar-refractivity contribution in [3.8, 4) is 0 Å². The van der Waals surface area contributed by atoms with E-state index >= 15 is 0 Å². The highest BCUT2D eigenvalue weighted by Gasteiger charge is 2.24. The van der Waals surface area contributed by atoms with Gasteiger partial charge in [-0.2, -0.15) is 0 Å². The zero-order chi connectivity index (χ0) is 10.3. The van der Waals surface area contributed by atoms with E-state index in [2.05, 4.69) is 4.98 Å². The van der Waals surface area contributed by atoms with Crippen molar-refractivity contribution in [3.05, 3.63) is 40.7 Å². The molecule has 0 spiro atoms. The van der Waals surface area contributed by atoms with Gasteiger partial charge in [-0.15, -0.1) is 0 Å². The number of carbonyl (C=O) groups is 2. The van der Waals surface area contributed by atoms with Gasteiger partial charge >= 0.3 is 0 Å². The Kier molecular flexibility index (Phi) is 1.81. The van der Waals surface area contributed by atoms with Crippen molar-refractivity contribution in [2.45, 2.75) is 13.8 Å². The van der Waals surface area contributed by atoms with Crippen LogP contribution in [0.2, 0.25) is 0 Å². The Balaban J connectivity index is 2.69. The summed E-state index contributed by atoms with van der Waals surface area (Å²) in [6.45, 7) is 3.47. The smallest absolute Gasteiger partial charge is 0.207 e. The van der Waals surface area contributed by atoms with Crippen LogP contribution in [0, 0.1) is 6.92 Å². The van der Waals surface area contributed by atoms with Gasteiger partial charge in [0, 0.05) is 11.8 Å². The summed E-state index contributed by atoms with van der Waals surface area (Å²) in [4.78, 5) is 27.1. The second-order valence-electron chi connectivity index (χ2n) is 3.43. The first kappa shape index (κ1) is 8.81. The largest absolute Gasteiger partial charge is 0.289 e. The molecule has 3 heteroatoms. The van der Waals surface area contributed by atoms with Crippen LogP contribution >= 0.6 is 0 Å². The number of carbonyl (C=O) groups excluding carboxylic acids is 2. The lowest BCUT2D eigenvalue weighted by Crippen LogP contribution is -2.17. The number of hydrogen-bond donors (Lipinski definition) is 0. The van der Waals surface area contributed by atoms with Crippen molar-refractivity contribution in [1.82, 2.24) is 4.98 Å². The number of pyridine rings is 1. The van der Waals surface area contributed by atoms with E-state index in [0.29, 0.717) is 11.1 Å². The Labute approximate surface area is 81.5 Å². The van der Waals surface area contributed by atoms with Gasteiger partial charge in [-0.05, 0) is 31.6 Å². The number of fused-ring (bicyclic) bond motifs is 1. The van der Waals surface area contributed by atoms with Gasteiger partial charge in [-0.3, -0.25) is 14.6 Å². The number of Topliss-reactive ketones (excluding diaryl/α,β-unsaturated/α-hetero) is 1. The first-order chi connectivity index (χ1) is 6.59. The molecule has 0 fully saturated rings. The van der Waals surface area contributed by atoms with E-state index in [1.807, 2.05) is 6.92 Å². The zero-order valence-corrected chi connectivity index (χ0v) is 8.00. The van der Waals surface area contributed by atoms with E-state index < -0.39 is 0 Å². The summed E-state index contributed by atoms with van der Waals surface area (Å²) >= 11 is 0. The highest BCUT2D eigenvalue weighted by atomic mass is 16.1. The molecule has 0 saturated carbocycles. The molecule has 1 aromatic heterocycles. The van der Waals surface area contributed by atoms with Gasteiger partial charge in [0.1, 0.15) is 5.69 Å². The molecule has 0 bridgehead atoms. The Morgan fingerprint density at radius 3 is 2.64 bits per heavy atom. The molecule has 1 aliphatic rings. The topological polar surface area (TPSA) is 47.0 Å². The Morgan fingerprint density at radius 1 is 1.21 bits per heavy atom. The third-order valence-electron chi connectivity index (χ3n) is 2.21. The summed E-state index contributed by atoms with van der Waals surface area (Å²) in [6.07, 6.45) is 2.97. The second-order valence-corrected chi connectivity index (χ2v) is 3.43. The summed E-state index contributed by atoms with van der Waals surface area (Å²) < 4.78 is 0. The van der Waals surface area contributed by atoms with Crippen LogP contribution in [0.3, 0.4) is 0 Å². The number of hydrogen-bond acceptors (Lipinski definition) is 3. The number of allylic oxidation sites excluding steroid dienone is 2. The van der Waals surface area contributed by atoms with Crippen LogP contribution in [-0.4, -0.2) is 16.6 Å². The average Bonchev–Trinajstić information content (AvgIpc) is 2.14. The molecule has 70 valence electrons. The molecule has 0 N–H and O–H groups in total. The molecule has 2 rings (SSSR count). The monoisotopic (exact) mass is 187 g/mol. The van der Waals surface area contributed by atoms with E-state index in [4.69, 9.17) is 0 Å². The highest BCUT2D eigenvalue weighted by Crippen LogP contribution is 2.19. The van der Waals surface area contributed by atoms with E-state index in [0.717, 1.165) is 5.56 Å². The third kappa shape index (κ3) is 1.18. The minimum Gasteiger partial charge on any atom is -0.289 e. The molecule has 0 atom stereocenters. The van der Waals surface area contributed by atoms with Crippen LogP contribution in [0.25, 0.3) is 0 Å². The molecule has 14 heavy (non-hydrogen) atoms. The molecule has 0 unspecified atom stereocenters. The summed E-state index contributed by atoms with van der Waals surface area (Å²) in [5.41, 5.74) is 2.04. The van der Waals surface area contributed by atoms with E-state index in [1.165, 1.54) is 6.08 Å². The summed E-state index contributed by atoms with van der Waals surface area (Å²) in [5.74, 6) is -0.284. The maximum absolute atomic E-state index is 11.6. The fourth-order valence-electron chi connectivity index (χ4n) is 1.46. The van der Waals surface area contributed by atoms with Crippen molar-refractivity contribution in [3.63, 3.8) is 0 Å². The predicted octanol–water partition coefficient (Wildman–Crippen LogP) is 1.72. The van der Waals surface area contributed by atoms with Crippen LogP contribution in [0.4, 0.5) is 0 Å². The molecular weight excluding hydrogens is 178 g/mol. The summed E-state index contributed by atoms with van der Waals surface area (Å²) in [7, 11) is 0. The molecule has 3 nitrogen and oxygen atoms in total. The molecule has 0 aromatic carbocycles. The van der Waals surface area contributed by atoms with Crippen LogP contribution in [0.5, 0.6) is 0 Å². The van der Waals surface area contributed by atoms with E-state index in [9.17, 15) is 9.59 Å². The van der Waals surface area contributed by atoms with Crippen LogP contribution in [0.15, 0.2) is 23.9 Å². The molecule has 1 heterocycles. The first-order valence-electron chi connectivity index (χ1n) is 4.33. The molecule has 0 radical (unpaired) electrons. The van der Waals surface area contributed by atoms with Gasteiger partial charge in [-0.25, -0.2) is 0 Å². The molecular formula is C11H9NO2. The van der Waals surface area contributed by atoms with Gasteiger partial charge in [-0.1, -0.05) is 0 Å². The van der Waals surface area contributed by atoms with Gasteiger partial charge in [0.2, 0.25) is 5.78 Å². The summed E-state index contributed by atoms with van der Waals surface area (Å²) in [5, 5.41) is 0. The predicted molar refractivity (Wildman–Crippen MR) is 51.4 cm³/mol. The number of ketones is 2. The van der Waals surface area contributed by atoms with E-state index in [1.54, 1.807) is 19.2 Å². The Morgan fingerprint density at radius 2 is 1.93 bits per heavy atom. The van der Waals surface area contributed by atoms with Crippen molar-refractivity contribution in [2.75, 3.05) is 0 Å². The van der Waals surface area contributed by atoms with Crippen molar-refractivity contribution >= 4 is 11.6 Å². The maximum Gasteiger partial charge on any atom is 0.207 e. The van der Waals surface area contributed by atoms with Crippen molar-refractivity contribution < 1.29 is 9.59 Å². The van der Waals surface area contributed by atoms with Crippen LogP contribution in [-0.2, 0) is 0 Å². The zero-order valence-electron chi connectivity index (χ0n) is 8.00. The quantitative estimate of drug-likeness (QED) is 0.621. The fraction of sp³-hybridized carbons (Fsp3) is 0.182. The SMILES string of the molecule is CC1=CC(=O)c2cc(C)cnc2C1=O. The lowest BCUT2D eigenvalue weighted by Gasteiger charge is -2.11. The minimum atomic E-state index is -0.153. The van der Waals surface area contributed by atoms with Gasteiger partial charge in [0.05, 0.1) is 5.56 Å². The second kappa shape index (κ2) is 2.87. The molecule has 0 aliphatic heterocycles. The maximum atomic E-state index is 11.6. The molecule has 0 amide bonds. The number of aryl methyl sites for hydroxylation is 1. The highest BCUT2D eigenvalue weighted by molar-refractivity contribution is 6.23. The number of rotatable bonds is 0. The van der Waals surface area contributed by atoms with Gasteiger partial charge < -0.3 is 0 Å². The number of aromatic nitrogens is 1.